The number of urea groups is 1. The third kappa shape index (κ3) is 7.04. The van der Waals surface area contributed by atoms with Crippen LogP contribution in [0.5, 0.6) is 0 Å². The number of rotatable bonds is 7. The van der Waals surface area contributed by atoms with Crippen LogP contribution in [0, 0.1) is 12.8 Å². The van der Waals surface area contributed by atoms with E-state index in [4.69, 9.17) is 0 Å². The van der Waals surface area contributed by atoms with Gasteiger partial charge in [-0.15, -0.1) is 0 Å². The van der Waals surface area contributed by atoms with Crippen LogP contribution >= 0.6 is 0 Å². The van der Waals surface area contributed by atoms with Crippen LogP contribution < -0.4 is 10.6 Å². The van der Waals surface area contributed by atoms with E-state index in [1.165, 1.54) is 12.8 Å². The van der Waals surface area contributed by atoms with Crippen LogP contribution in [0.1, 0.15) is 48.8 Å². The van der Waals surface area contributed by atoms with Gasteiger partial charge in [0.15, 0.2) is 0 Å². The standard InChI is InChI=1S/C37H49N7O3/c1-26-22-27(23-29-6-14-39-35(26)29)24-30(36(46)43-20-18-41(19-21-43)31-7-12-38-13-8-31)25-34(45)42-15-10-32(11-16-42)44-17-9-28-4-2-3-5-33(28)40-37(44)47/h2-6,14,22-23,30-32,38-39H,7-13,15-21,24-25H2,1H3,(H,40,47). The number of aromatic nitrogens is 1. The third-order valence-electron chi connectivity index (χ3n) is 11.0. The normalized spacial score (nSPS) is 21.0. The van der Waals surface area contributed by atoms with Crippen molar-refractivity contribution in [3.8, 4) is 0 Å². The van der Waals surface area contributed by atoms with E-state index in [0.717, 1.165) is 91.8 Å². The number of nitrogens with zero attached hydrogens (tertiary/aromatic N) is 4. The minimum absolute atomic E-state index is 0.0438. The summed E-state index contributed by atoms with van der Waals surface area (Å²) in [6, 6.07) is 15.0. The molecule has 4 aliphatic rings. The number of aryl methyl sites for hydroxylation is 1. The van der Waals surface area contributed by atoms with E-state index in [9.17, 15) is 14.4 Å². The Hall–Kier alpha value is -3.89. The van der Waals surface area contributed by atoms with Gasteiger partial charge in [-0.3, -0.25) is 14.5 Å². The number of H-pyrrole nitrogens is 1. The van der Waals surface area contributed by atoms with Crippen molar-refractivity contribution in [2.45, 2.75) is 64.0 Å². The average molecular weight is 640 g/mol. The maximum Gasteiger partial charge on any atom is 0.322 e. The summed E-state index contributed by atoms with van der Waals surface area (Å²) in [5.74, 6) is -0.260. The van der Waals surface area contributed by atoms with Crippen molar-refractivity contribution in [2.75, 3.05) is 64.2 Å². The van der Waals surface area contributed by atoms with Crippen molar-refractivity contribution in [1.82, 2.24) is 29.9 Å². The molecule has 47 heavy (non-hydrogen) atoms. The zero-order valence-electron chi connectivity index (χ0n) is 27.7. The van der Waals surface area contributed by atoms with Crippen LogP contribution in [0.3, 0.4) is 0 Å². The molecule has 2 aromatic carbocycles. The van der Waals surface area contributed by atoms with Gasteiger partial charge in [-0.2, -0.15) is 0 Å². The molecule has 1 atom stereocenters. The van der Waals surface area contributed by atoms with E-state index in [1.54, 1.807) is 0 Å². The van der Waals surface area contributed by atoms with Crippen LogP contribution in [0.15, 0.2) is 48.7 Å². The Morgan fingerprint density at radius 2 is 1.64 bits per heavy atom. The molecule has 0 spiro atoms. The minimum Gasteiger partial charge on any atom is -0.361 e. The molecule has 1 aromatic heterocycles. The predicted octanol–water partition coefficient (Wildman–Crippen LogP) is 4.00. The molecule has 4 aliphatic heterocycles. The highest BCUT2D eigenvalue weighted by Gasteiger charge is 2.35. The van der Waals surface area contributed by atoms with Crippen LogP contribution in [0.2, 0.25) is 0 Å². The Bertz CT molecular complexity index is 1580. The number of fused-ring (bicyclic) bond motifs is 2. The topological polar surface area (TPSA) is 104 Å². The van der Waals surface area contributed by atoms with Crippen molar-refractivity contribution in [3.63, 3.8) is 0 Å². The van der Waals surface area contributed by atoms with E-state index >= 15 is 0 Å². The van der Waals surface area contributed by atoms with Gasteiger partial charge in [0.05, 0.1) is 5.92 Å². The molecular weight excluding hydrogens is 590 g/mol. The number of hydrogen-bond acceptors (Lipinski definition) is 5. The van der Waals surface area contributed by atoms with Gasteiger partial charge in [-0.1, -0.05) is 24.3 Å². The number of likely N-dealkylation sites (tertiary alicyclic amines) is 1. The van der Waals surface area contributed by atoms with Gasteiger partial charge in [0, 0.05) is 81.7 Å². The number of anilines is 1. The monoisotopic (exact) mass is 639 g/mol. The minimum atomic E-state index is -0.406. The molecule has 10 heteroatoms. The van der Waals surface area contributed by atoms with E-state index in [-0.39, 0.29) is 30.3 Å². The fourth-order valence-electron chi connectivity index (χ4n) is 8.33. The highest BCUT2D eigenvalue weighted by molar-refractivity contribution is 5.91. The second-order valence-corrected chi connectivity index (χ2v) is 13.9. The maximum atomic E-state index is 14.2. The molecule has 1 unspecified atom stereocenters. The summed E-state index contributed by atoms with van der Waals surface area (Å²) in [7, 11) is 0. The first-order valence-electron chi connectivity index (χ1n) is 17.7. The number of carbonyl (C=O) groups excluding carboxylic acids is 3. The average Bonchev–Trinajstić information content (AvgIpc) is 3.52. The summed E-state index contributed by atoms with van der Waals surface area (Å²) < 4.78 is 0. The van der Waals surface area contributed by atoms with Gasteiger partial charge in [-0.25, -0.2) is 4.79 Å². The first-order chi connectivity index (χ1) is 22.9. The zero-order valence-corrected chi connectivity index (χ0v) is 27.7. The summed E-state index contributed by atoms with van der Waals surface area (Å²) in [4.78, 5) is 53.0. The summed E-state index contributed by atoms with van der Waals surface area (Å²) in [5, 5.41) is 7.68. The van der Waals surface area contributed by atoms with E-state index < -0.39 is 5.92 Å². The molecule has 7 rings (SSSR count). The number of piperidine rings is 2. The maximum absolute atomic E-state index is 14.2. The summed E-state index contributed by atoms with van der Waals surface area (Å²) in [6.45, 7) is 9.33. The number of carbonyl (C=O) groups is 3. The number of amides is 4. The van der Waals surface area contributed by atoms with Gasteiger partial charge >= 0.3 is 6.03 Å². The number of benzene rings is 2. The van der Waals surface area contributed by atoms with Crippen LogP contribution in [0.4, 0.5) is 10.5 Å². The summed E-state index contributed by atoms with van der Waals surface area (Å²) >= 11 is 0. The van der Waals surface area contributed by atoms with E-state index in [2.05, 4.69) is 51.7 Å². The lowest BCUT2D eigenvalue weighted by Gasteiger charge is -2.42. The number of aromatic amines is 1. The summed E-state index contributed by atoms with van der Waals surface area (Å²) in [6.07, 6.45) is 7.35. The molecule has 0 bridgehead atoms. The first kappa shape index (κ1) is 31.7. The SMILES string of the molecule is Cc1cc(CC(CC(=O)N2CCC(N3CCc4ccccc4NC3=O)CC2)C(=O)N2CCN(C3CCNCC3)CC2)cc2cc[nH]c12. The Balaban J connectivity index is 1.00. The van der Waals surface area contributed by atoms with Gasteiger partial charge in [-0.05, 0) is 98.8 Å². The van der Waals surface area contributed by atoms with Crippen LogP contribution in [0.25, 0.3) is 10.9 Å². The molecule has 3 fully saturated rings. The summed E-state index contributed by atoms with van der Waals surface area (Å²) in [5.41, 5.74) is 5.41. The second-order valence-electron chi connectivity index (χ2n) is 13.9. The lowest BCUT2D eigenvalue weighted by atomic mass is 9.91. The van der Waals surface area contributed by atoms with Crippen molar-refractivity contribution in [1.29, 1.82) is 0 Å². The van der Waals surface area contributed by atoms with Crippen molar-refractivity contribution in [2.24, 2.45) is 5.92 Å². The lowest BCUT2D eigenvalue weighted by molar-refractivity contribution is -0.143. The fourth-order valence-corrected chi connectivity index (χ4v) is 8.33. The Morgan fingerprint density at radius 3 is 2.43 bits per heavy atom. The van der Waals surface area contributed by atoms with Crippen LogP contribution in [-0.4, -0.2) is 113 Å². The molecule has 0 aliphatic carbocycles. The molecular formula is C37H49N7O3. The molecule has 5 heterocycles. The van der Waals surface area contributed by atoms with Crippen molar-refractivity contribution < 1.29 is 14.4 Å². The van der Waals surface area contributed by atoms with Gasteiger partial charge in [0.2, 0.25) is 11.8 Å². The molecule has 3 N–H and O–H groups in total. The van der Waals surface area contributed by atoms with Gasteiger partial charge < -0.3 is 30.3 Å². The number of nitrogens with one attached hydrogen (secondary N) is 3. The van der Waals surface area contributed by atoms with Crippen molar-refractivity contribution in [3.05, 3.63) is 65.4 Å². The third-order valence-corrected chi connectivity index (χ3v) is 11.0. The van der Waals surface area contributed by atoms with Gasteiger partial charge in [0.25, 0.3) is 0 Å². The zero-order chi connectivity index (χ0) is 32.3. The van der Waals surface area contributed by atoms with E-state index in [0.29, 0.717) is 32.1 Å². The Morgan fingerprint density at radius 1 is 0.872 bits per heavy atom. The smallest absolute Gasteiger partial charge is 0.322 e. The second kappa shape index (κ2) is 14.1. The van der Waals surface area contributed by atoms with Gasteiger partial charge in [0.1, 0.15) is 0 Å². The highest BCUT2D eigenvalue weighted by atomic mass is 16.2. The molecule has 3 aromatic rings. The van der Waals surface area contributed by atoms with Crippen LogP contribution in [-0.2, 0) is 22.4 Å². The predicted molar refractivity (Wildman–Crippen MR) is 184 cm³/mol. The van der Waals surface area contributed by atoms with Crippen molar-refractivity contribution >= 4 is 34.4 Å². The number of piperazine rings is 1. The molecule has 4 amide bonds. The highest BCUT2D eigenvalue weighted by Crippen LogP contribution is 2.27. The Labute approximate surface area is 277 Å². The molecule has 10 nitrogen and oxygen atoms in total. The number of hydrogen-bond donors (Lipinski definition) is 3. The quantitative estimate of drug-likeness (QED) is 0.363. The molecule has 250 valence electrons. The molecule has 0 radical (unpaired) electrons. The largest absolute Gasteiger partial charge is 0.361 e. The fraction of sp³-hybridized carbons (Fsp3) is 0.541. The molecule has 3 saturated heterocycles. The number of para-hydroxylation sites is 1. The van der Waals surface area contributed by atoms with E-state index in [1.807, 2.05) is 39.1 Å². The first-order valence-corrected chi connectivity index (χ1v) is 17.7. The lowest BCUT2D eigenvalue weighted by Crippen LogP contribution is -2.55. The Kier molecular flexibility index (Phi) is 9.49. The molecule has 0 saturated carbocycles.